The first-order valence-electron chi connectivity index (χ1n) is 5.38. The van der Waals surface area contributed by atoms with E-state index in [-0.39, 0.29) is 11.9 Å². The molecule has 0 N–H and O–H groups in total. The Morgan fingerprint density at radius 1 is 1.60 bits per heavy atom. The number of hydrogen-bond acceptors (Lipinski definition) is 2. The molecule has 3 heteroatoms. The summed E-state index contributed by atoms with van der Waals surface area (Å²) < 4.78 is 7.03. The van der Waals surface area contributed by atoms with Crippen LogP contribution in [0.1, 0.15) is 35.7 Å². The second-order valence-electron chi connectivity index (χ2n) is 4.21. The molecule has 1 unspecified atom stereocenters. The third-order valence-electron chi connectivity index (χ3n) is 3.40. The van der Waals surface area contributed by atoms with Crippen LogP contribution in [-0.2, 0) is 23.0 Å². The maximum absolute atomic E-state index is 11.6. The number of methoxy groups -OCH3 is 1. The third-order valence-corrected chi connectivity index (χ3v) is 3.40. The lowest BCUT2D eigenvalue weighted by atomic mass is 9.87. The van der Waals surface area contributed by atoms with E-state index in [0.29, 0.717) is 0 Å². The number of esters is 1. The summed E-state index contributed by atoms with van der Waals surface area (Å²) in [7, 11) is 3.53. The highest BCUT2D eigenvalue weighted by molar-refractivity contribution is 5.79. The minimum Gasteiger partial charge on any atom is -0.469 e. The standard InChI is InChI=1S/C12H17NO2/c1-8-7-10-9(12(14)15-3)5-4-6-11(10)13(8)2/h7,9H,4-6H2,1-3H3. The number of rotatable bonds is 1. The number of nitrogens with zero attached hydrogens (tertiary/aromatic N) is 1. The second kappa shape index (κ2) is 3.72. The summed E-state index contributed by atoms with van der Waals surface area (Å²) in [5.41, 5.74) is 3.69. The van der Waals surface area contributed by atoms with Crippen molar-refractivity contribution < 1.29 is 9.53 Å². The number of fused-ring (bicyclic) bond motifs is 1. The fourth-order valence-corrected chi connectivity index (χ4v) is 2.44. The van der Waals surface area contributed by atoms with Crippen molar-refractivity contribution in [3.05, 3.63) is 23.0 Å². The molecule has 0 spiro atoms. The molecule has 0 radical (unpaired) electrons. The molecule has 1 aliphatic carbocycles. The Kier molecular flexibility index (Phi) is 2.55. The molecule has 0 bridgehead atoms. The summed E-state index contributed by atoms with van der Waals surface area (Å²) in [5, 5.41) is 0. The Bertz CT molecular complexity index is 393. The highest BCUT2D eigenvalue weighted by Gasteiger charge is 2.29. The quantitative estimate of drug-likeness (QED) is 0.659. The Morgan fingerprint density at radius 3 is 3.00 bits per heavy atom. The van der Waals surface area contributed by atoms with Crippen molar-refractivity contribution in [1.82, 2.24) is 4.57 Å². The molecule has 3 nitrogen and oxygen atoms in total. The van der Waals surface area contributed by atoms with Crippen LogP contribution in [0, 0.1) is 6.92 Å². The molecule has 1 aromatic heterocycles. The molecule has 1 aliphatic rings. The maximum Gasteiger partial charge on any atom is 0.313 e. The largest absolute Gasteiger partial charge is 0.469 e. The minimum absolute atomic E-state index is 0.0429. The van der Waals surface area contributed by atoms with Crippen LogP contribution in [0.3, 0.4) is 0 Å². The van der Waals surface area contributed by atoms with Crippen molar-refractivity contribution >= 4 is 5.97 Å². The molecule has 1 aromatic rings. The monoisotopic (exact) mass is 207 g/mol. The van der Waals surface area contributed by atoms with Gasteiger partial charge in [0.15, 0.2) is 0 Å². The molecular weight excluding hydrogens is 190 g/mol. The van der Waals surface area contributed by atoms with Gasteiger partial charge in [-0.15, -0.1) is 0 Å². The van der Waals surface area contributed by atoms with Gasteiger partial charge in [-0.2, -0.15) is 0 Å². The number of carbonyl (C=O) groups is 1. The van der Waals surface area contributed by atoms with Crippen LogP contribution in [0.5, 0.6) is 0 Å². The predicted octanol–water partition coefficient (Wildman–Crippen LogP) is 1.93. The van der Waals surface area contributed by atoms with Crippen LogP contribution in [0.15, 0.2) is 6.07 Å². The van der Waals surface area contributed by atoms with Gasteiger partial charge in [0.25, 0.3) is 0 Å². The van der Waals surface area contributed by atoms with E-state index in [1.54, 1.807) is 0 Å². The van der Waals surface area contributed by atoms with Crippen LogP contribution >= 0.6 is 0 Å². The average molecular weight is 207 g/mol. The highest BCUT2D eigenvalue weighted by atomic mass is 16.5. The van der Waals surface area contributed by atoms with Gasteiger partial charge in [-0.3, -0.25) is 4.79 Å². The summed E-state index contributed by atoms with van der Waals surface area (Å²) in [6.45, 7) is 2.08. The Labute approximate surface area is 90.0 Å². The average Bonchev–Trinajstić information content (AvgIpc) is 2.54. The normalized spacial score (nSPS) is 19.8. The lowest BCUT2D eigenvalue weighted by Crippen LogP contribution is -2.19. The molecule has 1 atom stereocenters. The first-order chi connectivity index (χ1) is 7.15. The second-order valence-corrected chi connectivity index (χ2v) is 4.21. The van der Waals surface area contributed by atoms with E-state index in [2.05, 4.69) is 24.6 Å². The number of hydrogen-bond donors (Lipinski definition) is 0. The van der Waals surface area contributed by atoms with Gasteiger partial charge in [0.2, 0.25) is 0 Å². The van der Waals surface area contributed by atoms with E-state index in [0.717, 1.165) is 19.3 Å². The molecule has 0 aliphatic heterocycles. The molecule has 0 saturated heterocycles. The van der Waals surface area contributed by atoms with Crippen molar-refractivity contribution in [1.29, 1.82) is 0 Å². The number of carbonyl (C=O) groups excluding carboxylic acids is 1. The van der Waals surface area contributed by atoms with Gasteiger partial charge in [0, 0.05) is 18.4 Å². The van der Waals surface area contributed by atoms with Gasteiger partial charge in [0.05, 0.1) is 13.0 Å². The minimum atomic E-state index is -0.0958. The molecule has 1 heterocycles. The van der Waals surface area contributed by atoms with Crippen LogP contribution in [0.25, 0.3) is 0 Å². The molecule has 2 rings (SSSR count). The summed E-state index contributed by atoms with van der Waals surface area (Å²) in [4.78, 5) is 11.6. The Balaban J connectivity index is 2.43. The van der Waals surface area contributed by atoms with Crippen molar-refractivity contribution in [3.63, 3.8) is 0 Å². The van der Waals surface area contributed by atoms with Gasteiger partial charge in [-0.05, 0) is 37.8 Å². The highest BCUT2D eigenvalue weighted by Crippen LogP contribution is 2.34. The fourth-order valence-electron chi connectivity index (χ4n) is 2.44. The van der Waals surface area contributed by atoms with Gasteiger partial charge < -0.3 is 9.30 Å². The van der Waals surface area contributed by atoms with E-state index in [1.807, 2.05) is 0 Å². The first kappa shape index (κ1) is 10.3. The van der Waals surface area contributed by atoms with E-state index in [9.17, 15) is 4.79 Å². The van der Waals surface area contributed by atoms with Gasteiger partial charge in [0.1, 0.15) is 0 Å². The molecule has 0 saturated carbocycles. The molecule has 15 heavy (non-hydrogen) atoms. The van der Waals surface area contributed by atoms with E-state index in [1.165, 1.54) is 24.1 Å². The Hall–Kier alpha value is -1.25. The lowest BCUT2D eigenvalue weighted by molar-refractivity contribution is -0.142. The van der Waals surface area contributed by atoms with Crippen LogP contribution in [0.4, 0.5) is 0 Å². The van der Waals surface area contributed by atoms with Crippen LogP contribution in [-0.4, -0.2) is 17.6 Å². The topological polar surface area (TPSA) is 31.2 Å². The van der Waals surface area contributed by atoms with Crippen LogP contribution in [0.2, 0.25) is 0 Å². The van der Waals surface area contributed by atoms with Gasteiger partial charge >= 0.3 is 5.97 Å². The fraction of sp³-hybridized carbons (Fsp3) is 0.583. The number of aromatic nitrogens is 1. The van der Waals surface area contributed by atoms with E-state index < -0.39 is 0 Å². The van der Waals surface area contributed by atoms with Crippen molar-refractivity contribution in [3.8, 4) is 0 Å². The predicted molar refractivity (Wildman–Crippen MR) is 57.8 cm³/mol. The van der Waals surface area contributed by atoms with Gasteiger partial charge in [-0.25, -0.2) is 0 Å². The number of aryl methyl sites for hydroxylation is 1. The summed E-state index contributed by atoms with van der Waals surface area (Å²) in [6, 6.07) is 2.12. The zero-order valence-electron chi connectivity index (χ0n) is 9.54. The zero-order valence-corrected chi connectivity index (χ0v) is 9.54. The lowest BCUT2D eigenvalue weighted by Gasteiger charge is -2.21. The summed E-state index contributed by atoms with van der Waals surface area (Å²) in [6.07, 6.45) is 3.07. The first-order valence-corrected chi connectivity index (χ1v) is 5.38. The van der Waals surface area contributed by atoms with Crippen molar-refractivity contribution in [2.75, 3.05) is 7.11 Å². The summed E-state index contributed by atoms with van der Waals surface area (Å²) >= 11 is 0. The molecule has 0 fully saturated rings. The SMILES string of the molecule is COC(=O)C1CCCc2c1cc(C)n2C. The van der Waals surface area contributed by atoms with Crippen molar-refractivity contribution in [2.24, 2.45) is 7.05 Å². The summed E-state index contributed by atoms with van der Waals surface area (Å²) in [5.74, 6) is -0.139. The smallest absolute Gasteiger partial charge is 0.313 e. The zero-order chi connectivity index (χ0) is 11.0. The molecule has 0 amide bonds. The third kappa shape index (κ3) is 1.56. The van der Waals surface area contributed by atoms with Crippen molar-refractivity contribution in [2.45, 2.75) is 32.1 Å². The van der Waals surface area contributed by atoms with E-state index in [4.69, 9.17) is 4.74 Å². The molecule has 0 aromatic carbocycles. The maximum atomic E-state index is 11.6. The molecular formula is C12H17NO2. The van der Waals surface area contributed by atoms with Crippen LogP contribution < -0.4 is 0 Å². The Morgan fingerprint density at radius 2 is 2.33 bits per heavy atom. The van der Waals surface area contributed by atoms with Gasteiger partial charge in [-0.1, -0.05) is 0 Å². The number of ether oxygens (including phenoxy) is 1. The molecule has 82 valence electrons. The van der Waals surface area contributed by atoms with E-state index >= 15 is 0 Å².